The first-order valence-electron chi connectivity index (χ1n) is 7.85. The molecule has 1 aliphatic heterocycles. The summed E-state index contributed by atoms with van der Waals surface area (Å²) >= 11 is 0. The zero-order valence-electron chi connectivity index (χ0n) is 13.2. The number of rotatable bonds is 3. The molecule has 4 rings (SSSR count). The van der Waals surface area contributed by atoms with Gasteiger partial charge in [-0.2, -0.15) is 0 Å². The molecule has 0 unspecified atom stereocenters. The van der Waals surface area contributed by atoms with Crippen molar-refractivity contribution in [1.29, 1.82) is 0 Å². The molecule has 5 heteroatoms. The zero-order chi connectivity index (χ0) is 16.5. The largest absolute Gasteiger partial charge is 0.493 e. The van der Waals surface area contributed by atoms with Crippen LogP contribution in [0.4, 0.5) is 0 Å². The standard InChI is InChI=1S/C19H16N4O/c1-2-23-18(13-8-4-3-5-9-13)22-16(19(23)24)12-17-20-14-10-6-7-11-15(14)21-17/h3-12,24H,2H2,1H3. The van der Waals surface area contributed by atoms with Gasteiger partial charge in [-0.1, -0.05) is 42.5 Å². The van der Waals surface area contributed by atoms with Crippen LogP contribution in [0.2, 0.25) is 0 Å². The van der Waals surface area contributed by atoms with E-state index in [9.17, 15) is 5.11 Å². The van der Waals surface area contributed by atoms with Crippen molar-refractivity contribution < 1.29 is 5.11 Å². The lowest BCUT2D eigenvalue weighted by Crippen LogP contribution is -2.19. The van der Waals surface area contributed by atoms with E-state index in [1.807, 2.05) is 61.5 Å². The Labute approximate surface area is 139 Å². The maximum absolute atomic E-state index is 10.5. The molecule has 118 valence electrons. The molecule has 0 saturated carbocycles. The van der Waals surface area contributed by atoms with Gasteiger partial charge < -0.3 is 5.11 Å². The van der Waals surface area contributed by atoms with E-state index in [4.69, 9.17) is 0 Å². The van der Waals surface area contributed by atoms with Gasteiger partial charge in [-0.05, 0) is 19.1 Å². The zero-order valence-corrected chi connectivity index (χ0v) is 13.2. The summed E-state index contributed by atoms with van der Waals surface area (Å²) in [6.45, 7) is 2.60. The fraction of sp³-hybridized carbons (Fsp3) is 0.105. The number of aromatic hydroxyl groups is 1. The van der Waals surface area contributed by atoms with Gasteiger partial charge in [0.2, 0.25) is 5.88 Å². The number of para-hydroxylation sites is 2. The second-order valence-electron chi connectivity index (χ2n) is 5.47. The van der Waals surface area contributed by atoms with E-state index in [1.165, 1.54) is 0 Å². The van der Waals surface area contributed by atoms with Crippen LogP contribution in [-0.4, -0.2) is 14.7 Å². The first-order chi connectivity index (χ1) is 11.8. The number of nitrogens with zero attached hydrogens (tertiary/aromatic N) is 4. The smallest absolute Gasteiger partial charge is 0.219 e. The second-order valence-corrected chi connectivity index (χ2v) is 5.47. The molecule has 24 heavy (non-hydrogen) atoms. The van der Waals surface area contributed by atoms with E-state index in [-0.39, 0.29) is 5.88 Å². The van der Waals surface area contributed by atoms with Crippen molar-refractivity contribution in [3.8, 4) is 17.3 Å². The lowest BCUT2D eigenvalue weighted by molar-refractivity contribution is 0.422. The van der Waals surface area contributed by atoms with E-state index < -0.39 is 0 Å². The summed E-state index contributed by atoms with van der Waals surface area (Å²) in [5, 5.41) is 12.2. The van der Waals surface area contributed by atoms with Crippen LogP contribution in [0, 0.1) is 0 Å². The van der Waals surface area contributed by atoms with Gasteiger partial charge in [-0.25, -0.2) is 15.0 Å². The molecule has 0 saturated heterocycles. The maximum atomic E-state index is 10.5. The third-order valence-electron chi connectivity index (χ3n) is 3.93. The van der Waals surface area contributed by atoms with Gasteiger partial charge in [0.25, 0.3) is 0 Å². The predicted molar refractivity (Wildman–Crippen MR) is 91.7 cm³/mol. The van der Waals surface area contributed by atoms with E-state index in [0.29, 0.717) is 18.1 Å². The Morgan fingerprint density at radius 3 is 2.21 bits per heavy atom. The van der Waals surface area contributed by atoms with E-state index >= 15 is 0 Å². The molecule has 0 bridgehead atoms. The van der Waals surface area contributed by atoms with E-state index in [1.54, 1.807) is 10.6 Å². The van der Waals surface area contributed by atoms with Crippen molar-refractivity contribution in [3.63, 3.8) is 0 Å². The molecule has 0 radical (unpaired) electrons. The van der Waals surface area contributed by atoms with Gasteiger partial charge in [0, 0.05) is 18.2 Å². The van der Waals surface area contributed by atoms with Crippen LogP contribution in [-0.2, 0) is 6.54 Å². The molecule has 0 fully saturated rings. The highest BCUT2D eigenvalue weighted by Crippen LogP contribution is 2.28. The third-order valence-corrected chi connectivity index (χ3v) is 3.93. The molecular formula is C19H16N4O. The van der Waals surface area contributed by atoms with Crippen LogP contribution in [0.15, 0.2) is 70.4 Å². The summed E-state index contributed by atoms with van der Waals surface area (Å²) in [5.74, 6) is 1.41. The summed E-state index contributed by atoms with van der Waals surface area (Å²) in [6, 6.07) is 17.5. The highest BCUT2D eigenvalue weighted by Gasteiger charge is 2.16. The van der Waals surface area contributed by atoms with Gasteiger partial charge in [0.05, 0.1) is 10.7 Å². The molecule has 1 aromatic heterocycles. The average molecular weight is 316 g/mol. The Morgan fingerprint density at radius 2 is 1.58 bits per heavy atom. The number of hydrogen-bond acceptors (Lipinski definition) is 4. The summed E-state index contributed by atoms with van der Waals surface area (Å²) < 4.78 is 1.78. The van der Waals surface area contributed by atoms with E-state index in [2.05, 4.69) is 15.0 Å². The van der Waals surface area contributed by atoms with Crippen LogP contribution >= 0.6 is 0 Å². The molecular weight excluding hydrogens is 300 g/mol. The minimum atomic E-state index is 0.130. The minimum Gasteiger partial charge on any atom is -0.493 e. The Morgan fingerprint density at radius 1 is 0.958 bits per heavy atom. The van der Waals surface area contributed by atoms with Gasteiger partial charge in [-0.3, -0.25) is 4.57 Å². The summed E-state index contributed by atoms with van der Waals surface area (Å²) in [6.07, 6.45) is 1.72. The third kappa shape index (κ3) is 2.40. The van der Waals surface area contributed by atoms with Gasteiger partial charge in [0.1, 0.15) is 11.5 Å². The molecule has 0 amide bonds. The first kappa shape index (κ1) is 14.4. The van der Waals surface area contributed by atoms with Crippen molar-refractivity contribution in [1.82, 2.24) is 9.55 Å². The van der Waals surface area contributed by atoms with Gasteiger partial charge in [0.15, 0.2) is 5.82 Å². The van der Waals surface area contributed by atoms with Crippen molar-refractivity contribution in [3.05, 3.63) is 76.8 Å². The molecule has 3 aromatic rings. The normalized spacial score (nSPS) is 12.5. The molecule has 5 nitrogen and oxygen atoms in total. The van der Waals surface area contributed by atoms with Crippen molar-refractivity contribution >= 4 is 6.08 Å². The maximum Gasteiger partial charge on any atom is 0.219 e. The highest BCUT2D eigenvalue weighted by molar-refractivity contribution is 5.63. The van der Waals surface area contributed by atoms with Crippen LogP contribution in [0.1, 0.15) is 12.6 Å². The lowest BCUT2D eigenvalue weighted by Gasteiger charge is -2.05. The molecule has 0 atom stereocenters. The molecule has 1 aliphatic rings. The predicted octanol–water partition coefficient (Wildman–Crippen LogP) is 2.53. The number of fused-ring (bicyclic) bond motifs is 1. The quantitative estimate of drug-likeness (QED) is 0.807. The van der Waals surface area contributed by atoms with Gasteiger partial charge in [-0.15, -0.1) is 0 Å². The van der Waals surface area contributed by atoms with Crippen LogP contribution in [0.25, 0.3) is 17.5 Å². The Balaban J connectivity index is 1.82. The van der Waals surface area contributed by atoms with Crippen LogP contribution < -0.4 is 10.7 Å². The molecule has 2 heterocycles. The van der Waals surface area contributed by atoms with Crippen molar-refractivity contribution in [2.24, 2.45) is 9.98 Å². The summed E-state index contributed by atoms with van der Waals surface area (Å²) in [7, 11) is 0. The van der Waals surface area contributed by atoms with Crippen molar-refractivity contribution in [2.75, 3.05) is 0 Å². The average Bonchev–Trinajstić information content (AvgIpc) is 3.16. The highest BCUT2D eigenvalue weighted by atomic mass is 16.3. The monoisotopic (exact) mass is 316 g/mol. The molecule has 2 aromatic carbocycles. The number of benzene rings is 2. The topological polar surface area (TPSA) is 62.8 Å². The molecule has 0 spiro atoms. The Kier molecular flexibility index (Phi) is 3.46. The van der Waals surface area contributed by atoms with Crippen molar-refractivity contribution in [2.45, 2.75) is 13.5 Å². The fourth-order valence-electron chi connectivity index (χ4n) is 2.78. The molecule has 0 aliphatic carbocycles. The Bertz CT molecular complexity index is 1010. The SMILES string of the molecule is CCn1c(-c2ccccc2)nc(C=C2N=c3ccccc3=N2)c1O. The van der Waals surface area contributed by atoms with Crippen LogP contribution in [0.3, 0.4) is 0 Å². The molecule has 1 N–H and O–H groups in total. The minimum absolute atomic E-state index is 0.130. The number of hydrogen-bond donors (Lipinski definition) is 1. The number of aromatic nitrogens is 2. The lowest BCUT2D eigenvalue weighted by atomic mass is 10.2. The number of imidazole rings is 1. The summed E-state index contributed by atoms with van der Waals surface area (Å²) in [5.41, 5.74) is 1.44. The first-order valence-corrected chi connectivity index (χ1v) is 7.85. The second kappa shape index (κ2) is 5.77. The summed E-state index contributed by atoms with van der Waals surface area (Å²) in [4.78, 5) is 13.5. The fourth-order valence-corrected chi connectivity index (χ4v) is 2.78. The van der Waals surface area contributed by atoms with Crippen LogP contribution in [0.5, 0.6) is 5.88 Å². The van der Waals surface area contributed by atoms with Gasteiger partial charge >= 0.3 is 0 Å². The Hall–Kier alpha value is -3.21. The van der Waals surface area contributed by atoms with E-state index in [0.717, 1.165) is 22.1 Å².